The van der Waals surface area contributed by atoms with Crippen molar-refractivity contribution in [2.75, 3.05) is 0 Å². The summed E-state index contributed by atoms with van der Waals surface area (Å²) in [7, 11) is 0. The van der Waals surface area contributed by atoms with Gasteiger partial charge < -0.3 is 10.4 Å². The Hall–Kier alpha value is -0.540. The van der Waals surface area contributed by atoms with Crippen LogP contribution in [0.4, 0.5) is 0 Å². The zero-order valence-corrected chi connectivity index (χ0v) is 11.8. The molecule has 1 saturated carbocycles. The first-order valence-corrected chi connectivity index (χ1v) is 7.15. The van der Waals surface area contributed by atoms with E-state index < -0.39 is 0 Å². The van der Waals surface area contributed by atoms with Crippen LogP contribution < -0.4 is 5.32 Å². The van der Waals surface area contributed by atoms with Crippen molar-refractivity contribution < 1.29 is 5.11 Å². The lowest BCUT2D eigenvalue weighted by Crippen LogP contribution is -2.32. The van der Waals surface area contributed by atoms with Crippen molar-refractivity contribution in [3.05, 3.63) is 28.2 Å². The zero-order chi connectivity index (χ0) is 12.3. The zero-order valence-electron chi connectivity index (χ0n) is 10.2. The standard InChI is InChI=1S/C14H20BrNO/c1-10-2-5-12(6-3-10)16-9-11-4-7-14(17)13(15)8-11/h4,7-8,10,12,16-17H,2-3,5-6,9H2,1H3. The Balaban J connectivity index is 1.83. The summed E-state index contributed by atoms with van der Waals surface area (Å²) >= 11 is 3.34. The average molecular weight is 298 g/mol. The second kappa shape index (κ2) is 5.87. The summed E-state index contributed by atoms with van der Waals surface area (Å²) < 4.78 is 0.772. The first kappa shape index (κ1) is 12.9. The maximum atomic E-state index is 9.42. The maximum absolute atomic E-state index is 9.42. The minimum atomic E-state index is 0.306. The molecular formula is C14H20BrNO. The smallest absolute Gasteiger partial charge is 0.129 e. The molecule has 1 aliphatic carbocycles. The van der Waals surface area contributed by atoms with Gasteiger partial charge in [0.15, 0.2) is 0 Å². The lowest BCUT2D eigenvalue weighted by atomic mass is 9.87. The van der Waals surface area contributed by atoms with Crippen LogP contribution in [0.5, 0.6) is 5.75 Å². The number of hydrogen-bond donors (Lipinski definition) is 2. The molecule has 0 heterocycles. The molecule has 94 valence electrons. The summed E-state index contributed by atoms with van der Waals surface area (Å²) in [6, 6.07) is 6.36. The van der Waals surface area contributed by atoms with E-state index in [-0.39, 0.29) is 0 Å². The lowest BCUT2D eigenvalue weighted by Gasteiger charge is -2.27. The summed E-state index contributed by atoms with van der Waals surface area (Å²) in [6.45, 7) is 3.23. The molecule has 0 atom stereocenters. The Morgan fingerprint density at radius 2 is 2.00 bits per heavy atom. The first-order chi connectivity index (χ1) is 8.15. The molecule has 3 heteroatoms. The second-order valence-electron chi connectivity index (χ2n) is 5.12. The van der Waals surface area contributed by atoms with Crippen molar-refractivity contribution in [1.82, 2.24) is 5.32 Å². The van der Waals surface area contributed by atoms with E-state index in [0.717, 1.165) is 16.9 Å². The number of nitrogens with one attached hydrogen (secondary N) is 1. The second-order valence-corrected chi connectivity index (χ2v) is 5.98. The van der Waals surface area contributed by atoms with Crippen molar-refractivity contribution in [1.29, 1.82) is 0 Å². The minimum absolute atomic E-state index is 0.306. The van der Waals surface area contributed by atoms with Crippen LogP contribution in [0.1, 0.15) is 38.2 Å². The number of aromatic hydroxyl groups is 1. The van der Waals surface area contributed by atoms with Crippen LogP contribution in [-0.2, 0) is 6.54 Å². The Bertz CT molecular complexity index is 372. The molecule has 0 aromatic heterocycles. The molecule has 2 nitrogen and oxygen atoms in total. The van der Waals surface area contributed by atoms with E-state index in [1.54, 1.807) is 6.07 Å². The SMILES string of the molecule is CC1CCC(NCc2ccc(O)c(Br)c2)CC1. The third-order valence-corrected chi connectivity index (χ3v) is 4.26. The van der Waals surface area contributed by atoms with Gasteiger partial charge in [-0.25, -0.2) is 0 Å². The van der Waals surface area contributed by atoms with Gasteiger partial charge >= 0.3 is 0 Å². The van der Waals surface area contributed by atoms with E-state index in [1.807, 2.05) is 12.1 Å². The van der Waals surface area contributed by atoms with Crippen LogP contribution >= 0.6 is 15.9 Å². The summed E-state index contributed by atoms with van der Waals surface area (Å²) in [5.74, 6) is 1.20. The molecule has 1 fully saturated rings. The summed E-state index contributed by atoms with van der Waals surface area (Å²) in [4.78, 5) is 0. The van der Waals surface area contributed by atoms with E-state index >= 15 is 0 Å². The van der Waals surface area contributed by atoms with Gasteiger partial charge in [-0.15, -0.1) is 0 Å². The molecule has 1 aliphatic rings. The van der Waals surface area contributed by atoms with Crippen LogP contribution in [0.3, 0.4) is 0 Å². The van der Waals surface area contributed by atoms with Gasteiger partial charge in [0.2, 0.25) is 0 Å². The topological polar surface area (TPSA) is 32.3 Å². The van der Waals surface area contributed by atoms with Gasteiger partial charge in [-0.3, -0.25) is 0 Å². The highest BCUT2D eigenvalue weighted by molar-refractivity contribution is 9.10. The van der Waals surface area contributed by atoms with E-state index in [2.05, 4.69) is 28.2 Å². The molecule has 0 bridgehead atoms. The predicted molar refractivity (Wildman–Crippen MR) is 74.1 cm³/mol. The molecule has 0 radical (unpaired) electrons. The van der Waals surface area contributed by atoms with E-state index in [9.17, 15) is 5.11 Å². The predicted octanol–water partition coefficient (Wildman–Crippen LogP) is 3.82. The normalized spacial score (nSPS) is 24.8. The minimum Gasteiger partial charge on any atom is -0.507 e. The highest BCUT2D eigenvalue weighted by Crippen LogP contribution is 2.26. The van der Waals surface area contributed by atoms with Gasteiger partial charge in [0.25, 0.3) is 0 Å². The van der Waals surface area contributed by atoms with Gasteiger partial charge in [0.05, 0.1) is 4.47 Å². The van der Waals surface area contributed by atoms with Gasteiger partial charge in [0.1, 0.15) is 5.75 Å². The van der Waals surface area contributed by atoms with Crippen molar-refractivity contribution in [3.63, 3.8) is 0 Å². The van der Waals surface area contributed by atoms with Gasteiger partial charge in [-0.1, -0.05) is 13.0 Å². The fourth-order valence-corrected chi connectivity index (χ4v) is 2.81. The highest BCUT2D eigenvalue weighted by Gasteiger charge is 2.17. The first-order valence-electron chi connectivity index (χ1n) is 6.36. The molecule has 1 aromatic rings. The van der Waals surface area contributed by atoms with Gasteiger partial charge in [-0.05, 0) is 65.2 Å². The molecule has 0 spiro atoms. The fourth-order valence-electron chi connectivity index (χ4n) is 2.39. The molecular weight excluding hydrogens is 278 g/mol. The Morgan fingerprint density at radius 3 is 2.65 bits per heavy atom. The molecule has 17 heavy (non-hydrogen) atoms. The third-order valence-electron chi connectivity index (χ3n) is 3.62. The van der Waals surface area contributed by atoms with Crippen molar-refractivity contribution in [2.45, 2.75) is 45.2 Å². The number of hydrogen-bond acceptors (Lipinski definition) is 2. The van der Waals surface area contributed by atoms with Crippen molar-refractivity contribution in [3.8, 4) is 5.75 Å². The number of phenolic OH excluding ortho intramolecular Hbond substituents is 1. The molecule has 0 amide bonds. The summed E-state index contributed by atoms with van der Waals surface area (Å²) in [5, 5.41) is 13.0. The van der Waals surface area contributed by atoms with Crippen molar-refractivity contribution >= 4 is 15.9 Å². The Morgan fingerprint density at radius 1 is 1.29 bits per heavy atom. The summed E-state index contributed by atoms with van der Waals surface area (Å²) in [6.07, 6.45) is 5.27. The molecule has 2 N–H and O–H groups in total. The van der Waals surface area contributed by atoms with Crippen LogP contribution in [-0.4, -0.2) is 11.1 Å². The van der Waals surface area contributed by atoms with Crippen LogP contribution in [0, 0.1) is 5.92 Å². The molecule has 1 aromatic carbocycles. The largest absolute Gasteiger partial charge is 0.507 e. The van der Waals surface area contributed by atoms with Crippen LogP contribution in [0.2, 0.25) is 0 Å². The monoisotopic (exact) mass is 297 g/mol. The van der Waals surface area contributed by atoms with Crippen LogP contribution in [0.25, 0.3) is 0 Å². The average Bonchev–Trinajstić information content (AvgIpc) is 2.33. The van der Waals surface area contributed by atoms with E-state index in [0.29, 0.717) is 11.8 Å². The molecule has 0 aliphatic heterocycles. The third kappa shape index (κ3) is 3.71. The maximum Gasteiger partial charge on any atom is 0.129 e. The van der Waals surface area contributed by atoms with E-state index in [4.69, 9.17) is 0 Å². The quantitative estimate of drug-likeness (QED) is 0.889. The molecule has 0 unspecified atom stereocenters. The van der Waals surface area contributed by atoms with Crippen molar-refractivity contribution in [2.24, 2.45) is 5.92 Å². The van der Waals surface area contributed by atoms with Gasteiger partial charge in [0, 0.05) is 12.6 Å². The number of benzene rings is 1. The van der Waals surface area contributed by atoms with E-state index in [1.165, 1.54) is 31.2 Å². The molecule has 0 saturated heterocycles. The summed E-state index contributed by atoms with van der Waals surface area (Å²) in [5.41, 5.74) is 1.22. The lowest BCUT2D eigenvalue weighted by molar-refractivity contribution is 0.306. The molecule has 2 rings (SSSR count). The number of phenols is 1. The Kier molecular flexibility index (Phi) is 4.46. The van der Waals surface area contributed by atoms with Gasteiger partial charge in [-0.2, -0.15) is 0 Å². The van der Waals surface area contributed by atoms with Crippen LogP contribution in [0.15, 0.2) is 22.7 Å². The highest BCUT2D eigenvalue weighted by atomic mass is 79.9. The number of halogens is 1. The number of rotatable bonds is 3. The Labute approximate surface area is 112 Å². The fraction of sp³-hybridized carbons (Fsp3) is 0.571.